The molecule has 0 bridgehead atoms. The first kappa shape index (κ1) is 12.2. The lowest BCUT2D eigenvalue weighted by Gasteiger charge is -2.10. The molecule has 1 unspecified atom stereocenters. The van der Waals surface area contributed by atoms with Gasteiger partial charge in [-0.25, -0.2) is 4.39 Å². The van der Waals surface area contributed by atoms with Gasteiger partial charge in [-0.05, 0) is 18.6 Å². The van der Waals surface area contributed by atoms with Gasteiger partial charge in [0.05, 0.1) is 18.7 Å². The standard InChI is InChI=1S/C12H12FNO2/c1-3-8(7-14)12(15)11-9(13)5-4-6-10(11)16-2/h4-6,8H,3H2,1-2H3. The van der Waals surface area contributed by atoms with Crippen LogP contribution in [0.5, 0.6) is 5.75 Å². The summed E-state index contributed by atoms with van der Waals surface area (Å²) in [5.41, 5.74) is -0.140. The van der Waals surface area contributed by atoms with Crippen molar-refractivity contribution in [1.29, 1.82) is 5.26 Å². The molecule has 4 heteroatoms. The molecule has 0 radical (unpaired) electrons. The second kappa shape index (κ2) is 5.26. The summed E-state index contributed by atoms with van der Waals surface area (Å²) in [6, 6.07) is 5.99. The highest BCUT2D eigenvalue weighted by molar-refractivity contribution is 6.01. The van der Waals surface area contributed by atoms with Crippen molar-refractivity contribution in [2.45, 2.75) is 13.3 Å². The molecule has 0 aliphatic rings. The topological polar surface area (TPSA) is 50.1 Å². The van der Waals surface area contributed by atoms with E-state index in [4.69, 9.17) is 10.00 Å². The third-order valence-corrected chi connectivity index (χ3v) is 2.32. The van der Waals surface area contributed by atoms with E-state index in [0.29, 0.717) is 6.42 Å². The molecule has 3 nitrogen and oxygen atoms in total. The molecular weight excluding hydrogens is 209 g/mol. The second-order valence-corrected chi connectivity index (χ2v) is 3.27. The van der Waals surface area contributed by atoms with E-state index in [1.165, 1.54) is 25.3 Å². The van der Waals surface area contributed by atoms with Crippen LogP contribution in [0, 0.1) is 23.1 Å². The Balaban J connectivity index is 3.22. The molecule has 1 aromatic carbocycles. The van der Waals surface area contributed by atoms with Crippen LogP contribution in [0.15, 0.2) is 18.2 Å². The van der Waals surface area contributed by atoms with E-state index in [-0.39, 0.29) is 11.3 Å². The summed E-state index contributed by atoms with van der Waals surface area (Å²) < 4.78 is 18.4. The van der Waals surface area contributed by atoms with Crippen LogP contribution in [0.25, 0.3) is 0 Å². The number of nitriles is 1. The Kier molecular flexibility index (Phi) is 4.01. The number of Topliss-reactive ketones (excluding diaryl/α,β-unsaturated/α-hetero) is 1. The predicted octanol–water partition coefficient (Wildman–Crippen LogP) is 2.57. The van der Waals surface area contributed by atoms with Crippen LogP contribution in [-0.4, -0.2) is 12.9 Å². The summed E-state index contributed by atoms with van der Waals surface area (Å²) in [5, 5.41) is 8.78. The van der Waals surface area contributed by atoms with Gasteiger partial charge in [-0.3, -0.25) is 4.79 Å². The van der Waals surface area contributed by atoms with E-state index < -0.39 is 17.5 Å². The Labute approximate surface area is 93.5 Å². The first-order valence-corrected chi connectivity index (χ1v) is 4.92. The fourth-order valence-electron chi connectivity index (χ4n) is 1.42. The lowest BCUT2D eigenvalue weighted by atomic mass is 9.95. The van der Waals surface area contributed by atoms with Gasteiger partial charge in [0, 0.05) is 0 Å². The Hall–Kier alpha value is -1.89. The normalized spacial score (nSPS) is 11.6. The number of ether oxygens (including phenoxy) is 1. The van der Waals surface area contributed by atoms with E-state index in [9.17, 15) is 9.18 Å². The fraction of sp³-hybridized carbons (Fsp3) is 0.333. The smallest absolute Gasteiger partial charge is 0.186 e. The Morgan fingerprint density at radius 3 is 2.81 bits per heavy atom. The zero-order valence-corrected chi connectivity index (χ0v) is 9.16. The minimum atomic E-state index is -0.828. The van der Waals surface area contributed by atoms with E-state index in [1.807, 2.05) is 6.07 Å². The first-order valence-electron chi connectivity index (χ1n) is 4.92. The van der Waals surface area contributed by atoms with E-state index >= 15 is 0 Å². The number of ketones is 1. The second-order valence-electron chi connectivity index (χ2n) is 3.27. The number of methoxy groups -OCH3 is 1. The molecule has 0 N–H and O–H groups in total. The molecule has 1 aromatic rings. The lowest BCUT2D eigenvalue weighted by molar-refractivity contribution is 0.0939. The SMILES string of the molecule is CCC(C#N)C(=O)c1c(F)cccc1OC. The van der Waals surface area contributed by atoms with Crippen LogP contribution >= 0.6 is 0 Å². The molecule has 0 aromatic heterocycles. The van der Waals surface area contributed by atoms with Crippen molar-refractivity contribution in [3.05, 3.63) is 29.6 Å². The summed E-state index contributed by atoms with van der Waals surface area (Å²) in [4.78, 5) is 11.9. The third-order valence-electron chi connectivity index (χ3n) is 2.32. The molecule has 16 heavy (non-hydrogen) atoms. The maximum Gasteiger partial charge on any atom is 0.186 e. The lowest BCUT2D eigenvalue weighted by Crippen LogP contribution is -2.15. The predicted molar refractivity (Wildman–Crippen MR) is 56.7 cm³/mol. The van der Waals surface area contributed by atoms with Crippen LogP contribution in [0.1, 0.15) is 23.7 Å². The number of hydrogen-bond acceptors (Lipinski definition) is 3. The van der Waals surface area contributed by atoms with Crippen molar-refractivity contribution >= 4 is 5.78 Å². The average molecular weight is 221 g/mol. The number of rotatable bonds is 4. The number of nitrogens with zero attached hydrogens (tertiary/aromatic N) is 1. The van der Waals surface area contributed by atoms with Gasteiger partial charge in [0.25, 0.3) is 0 Å². The third kappa shape index (κ3) is 2.19. The van der Waals surface area contributed by atoms with Gasteiger partial charge in [0.1, 0.15) is 17.5 Å². The van der Waals surface area contributed by atoms with Gasteiger partial charge in [-0.2, -0.15) is 5.26 Å². The van der Waals surface area contributed by atoms with Crippen LogP contribution in [0.4, 0.5) is 4.39 Å². The van der Waals surface area contributed by atoms with Crippen LogP contribution in [0.2, 0.25) is 0 Å². The van der Waals surface area contributed by atoms with E-state index in [1.54, 1.807) is 6.92 Å². The molecule has 0 heterocycles. The molecule has 0 aliphatic carbocycles. The zero-order chi connectivity index (χ0) is 12.1. The quantitative estimate of drug-likeness (QED) is 0.734. The zero-order valence-electron chi connectivity index (χ0n) is 9.16. The van der Waals surface area contributed by atoms with Crippen molar-refractivity contribution in [2.24, 2.45) is 5.92 Å². The van der Waals surface area contributed by atoms with Crippen LogP contribution < -0.4 is 4.74 Å². The summed E-state index contributed by atoms with van der Waals surface area (Å²) in [7, 11) is 1.36. The molecular formula is C12H12FNO2. The monoisotopic (exact) mass is 221 g/mol. The molecule has 84 valence electrons. The fourth-order valence-corrected chi connectivity index (χ4v) is 1.42. The molecule has 0 saturated heterocycles. The Bertz CT molecular complexity index is 437. The Morgan fingerprint density at radius 2 is 2.31 bits per heavy atom. The first-order chi connectivity index (χ1) is 7.65. The molecule has 0 amide bonds. The van der Waals surface area contributed by atoms with Gasteiger partial charge in [-0.1, -0.05) is 13.0 Å². The molecule has 0 saturated carbocycles. The molecule has 0 fully saturated rings. The highest BCUT2D eigenvalue weighted by Gasteiger charge is 2.24. The summed E-state index contributed by atoms with van der Waals surface area (Å²) in [6.45, 7) is 1.71. The van der Waals surface area contributed by atoms with Gasteiger partial charge < -0.3 is 4.74 Å². The molecule has 0 aliphatic heterocycles. The van der Waals surface area contributed by atoms with E-state index in [2.05, 4.69) is 0 Å². The molecule has 0 spiro atoms. The minimum absolute atomic E-state index is 0.140. The number of benzene rings is 1. The molecule has 1 atom stereocenters. The number of carbonyl (C=O) groups is 1. The largest absolute Gasteiger partial charge is 0.496 e. The summed E-state index contributed by atoms with van der Waals surface area (Å²) in [6.07, 6.45) is 0.354. The summed E-state index contributed by atoms with van der Waals surface area (Å²) >= 11 is 0. The van der Waals surface area contributed by atoms with Crippen molar-refractivity contribution in [3.8, 4) is 11.8 Å². The number of halogens is 1. The number of carbonyl (C=O) groups excluding carboxylic acids is 1. The van der Waals surface area contributed by atoms with E-state index in [0.717, 1.165) is 0 Å². The van der Waals surface area contributed by atoms with Crippen molar-refractivity contribution in [1.82, 2.24) is 0 Å². The van der Waals surface area contributed by atoms with Gasteiger partial charge in [-0.15, -0.1) is 0 Å². The van der Waals surface area contributed by atoms with Gasteiger partial charge >= 0.3 is 0 Å². The van der Waals surface area contributed by atoms with Crippen molar-refractivity contribution in [3.63, 3.8) is 0 Å². The maximum absolute atomic E-state index is 13.5. The highest BCUT2D eigenvalue weighted by Crippen LogP contribution is 2.25. The summed E-state index contributed by atoms with van der Waals surface area (Å²) in [5.74, 6) is -1.84. The van der Waals surface area contributed by atoms with Crippen molar-refractivity contribution in [2.75, 3.05) is 7.11 Å². The number of hydrogen-bond donors (Lipinski definition) is 0. The van der Waals surface area contributed by atoms with Crippen molar-refractivity contribution < 1.29 is 13.9 Å². The van der Waals surface area contributed by atoms with Crippen LogP contribution in [-0.2, 0) is 0 Å². The minimum Gasteiger partial charge on any atom is -0.496 e. The maximum atomic E-state index is 13.5. The van der Waals surface area contributed by atoms with Gasteiger partial charge in [0.15, 0.2) is 5.78 Å². The van der Waals surface area contributed by atoms with Gasteiger partial charge in [0.2, 0.25) is 0 Å². The Morgan fingerprint density at radius 1 is 1.62 bits per heavy atom. The van der Waals surface area contributed by atoms with Crippen LogP contribution in [0.3, 0.4) is 0 Å². The molecule has 1 rings (SSSR count). The highest BCUT2D eigenvalue weighted by atomic mass is 19.1. The average Bonchev–Trinajstić information content (AvgIpc) is 2.29.